The summed E-state index contributed by atoms with van der Waals surface area (Å²) in [6, 6.07) is 16.4. The normalized spacial score (nSPS) is 13.4. The molecule has 0 saturated heterocycles. The van der Waals surface area contributed by atoms with Gasteiger partial charge in [0, 0.05) is 6.42 Å². The Hall–Kier alpha value is -3.15. The molecule has 2 N–H and O–H groups in total. The van der Waals surface area contributed by atoms with Gasteiger partial charge in [-0.1, -0.05) is 56.2 Å². The van der Waals surface area contributed by atoms with Crippen LogP contribution in [0.25, 0.3) is 11.0 Å². The quantitative estimate of drug-likeness (QED) is 0.183. The summed E-state index contributed by atoms with van der Waals surface area (Å²) in [5.74, 6) is -1.25. The zero-order chi connectivity index (χ0) is 26.8. The molecule has 6 heteroatoms. The number of aliphatic carboxylic acids is 1. The molecule has 0 amide bonds. The Morgan fingerprint density at radius 2 is 1.59 bits per heavy atom. The van der Waals surface area contributed by atoms with Crippen molar-refractivity contribution in [1.82, 2.24) is 9.97 Å². The van der Waals surface area contributed by atoms with Crippen LogP contribution in [0.4, 0.5) is 0 Å². The summed E-state index contributed by atoms with van der Waals surface area (Å²) in [5, 5.41) is 9.95. The van der Waals surface area contributed by atoms with E-state index in [4.69, 9.17) is 4.74 Å². The van der Waals surface area contributed by atoms with Gasteiger partial charge < -0.3 is 14.8 Å². The van der Waals surface area contributed by atoms with Gasteiger partial charge in [0.25, 0.3) is 0 Å². The van der Waals surface area contributed by atoms with Crippen LogP contribution in [0.3, 0.4) is 0 Å². The molecule has 0 radical (unpaired) electrons. The van der Waals surface area contributed by atoms with E-state index < -0.39 is 23.4 Å². The van der Waals surface area contributed by atoms with Gasteiger partial charge in [-0.2, -0.15) is 0 Å². The zero-order valence-corrected chi connectivity index (χ0v) is 22.8. The van der Waals surface area contributed by atoms with E-state index in [9.17, 15) is 14.7 Å². The monoisotopic (exact) mass is 506 g/mol. The molecule has 0 aliphatic heterocycles. The maximum atomic E-state index is 13.0. The summed E-state index contributed by atoms with van der Waals surface area (Å²) in [7, 11) is 0. The Bertz CT molecular complexity index is 1110. The number of benzene rings is 2. The predicted molar refractivity (Wildman–Crippen MR) is 147 cm³/mol. The van der Waals surface area contributed by atoms with Crippen molar-refractivity contribution in [2.24, 2.45) is 11.8 Å². The molecule has 200 valence electrons. The van der Waals surface area contributed by atoms with Gasteiger partial charge in [-0.05, 0) is 82.6 Å². The topological polar surface area (TPSA) is 92.3 Å². The average molecular weight is 507 g/mol. The van der Waals surface area contributed by atoms with E-state index in [1.807, 2.05) is 45.0 Å². The van der Waals surface area contributed by atoms with E-state index >= 15 is 0 Å². The molecule has 6 nitrogen and oxygen atoms in total. The first-order chi connectivity index (χ1) is 17.6. The van der Waals surface area contributed by atoms with Gasteiger partial charge in [-0.15, -0.1) is 0 Å². The summed E-state index contributed by atoms with van der Waals surface area (Å²) in [4.78, 5) is 33.2. The fraction of sp³-hybridized carbons (Fsp3) is 0.516. The molecule has 0 fully saturated rings. The summed E-state index contributed by atoms with van der Waals surface area (Å²) in [6.45, 7) is 7.70. The molecule has 0 aliphatic carbocycles. The first kappa shape index (κ1) is 28.4. The standard InChI is InChI=1S/C31H42N2O4/c1-5-10-22-15-17-23(18-16-22)19-20-24(29(34)35)21-25(30(36)37-31(2,3)4)11-6-9-14-28-32-26-12-7-8-13-27(26)33-28/h7-8,12-13,15-18,24-25H,5-6,9-11,14,19-21H2,1-4H3,(H,32,33)(H,34,35). The highest BCUT2D eigenvalue weighted by atomic mass is 16.6. The van der Waals surface area contributed by atoms with Gasteiger partial charge in [-0.3, -0.25) is 9.59 Å². The second-order valence-corrected chi connectivity index (χ2v) is 11.1. The highest BCUT2D eigenvalue weighted by molar-refractivity contribution is 5.75. The Labute approximate surface area is 220 Å². The maximum absolute atomic E-state index is 13.0. The summed E-state index contributed by atoms with van der Waals surface area (Å²) in [5.41, 5.74) is 3.80. The molecule has 3 rings (SSSR count). The number of aryl methyl sites for hydroxylation is 3. The Morgan fingerprint density at radius 1 is 0.919 bits per heavy atom. The number of carbonyl (C=O) groups excluding carboxylic acids is 1. The van der Waals surface area contributed by atoms with Crippen LogP contribution >= 0.6 is 0 Å². The Kier molecular flexibility index (Phi) is 10.3. The number of esters is 1. The molecule has 3 aromatic rings. The number of rotatable bonds is 14. The van der Waals surface area contributed by atoms with E-state index in [2.05, 4.69) is 41.2 Å². The minimum atomic E-state index is -0.849. The molecule has 1 aromatic heterocycles. The number of aromatic nitrogens is 2. The Morgan fingerprint density at radius 3 is 2.22 bits per heavy atom. The van der Waals surface area contributed by atoms with Crippen LogP contribution in [-0.4, -0.2) is 32.6 Å². The van der Waals surface area contributed by atoms with Crippen molar-refractivity contribution in [3.8, 4) is 0 Å². The minimum absolute atomic E-state index is 0.294. The first-order valence-electron chi connectivity index (χ1n) is 13.6. The van der Waals surface area contributed by atoms with Crippen molar-refractivity contribution >= 4 is 23.0 Å². The maximum Gasteiger partial charge on any atom is 0.309 e. The van der Waals surface area contributed by atoms with E-state index in [0.717, 1.165) is 54.5 Å². The van der Waals surface area contributed by atoms with E-state index in [0.29, 0.717) is 25.7 Å². The van der Waals surface area contributed by atoms with Gasteiger partial charge in [0.15, 0.2) is 0 Å². The van der Waals surface area contributed by atoms with Crippen LogP contribution in [0.5, 0.6) is 0 Å². The highest BCUT2D eigenvalue weighted by Crippen LogP contribution is 2.26. The zero-order valence-electron chi connectivity index (χ0n) is 22.8. The number of ether oxygens (including phenoxy) is 1. The fourth-order valence-corrected chi connectivity index (χ4v) is 4.71. The van der Waals surface area contributed by atoms with Crippen molar-refractivity contribution in [2.75, 3.05) is 0 Å². The lowest BCUT2D eigenvalue weighted by Gasteiger charge is -2.25. The van der Waals surface area contributed by atoms with Gasteiger partial charge in [0.1, 0.15) is 11.4 Å². The number of unbranched alkanes of at least 4 members (excludes halogenated alkanes) is 1. The number of carbonyl (C=O) groups is 2. The second-order valence-electron chi connectivity index (χ2n) is 11.1. The number of para-hydroxylation sites is 2. The summed E-state index contributed by atoms with van der Waals surface area (Å²) >= 11 is 0. The number of hydrogen-bond acceptors (Lipinski definition) is 4. The van der Waals surface area contributed by atoms with Crippen molar-refractivity contribution < 1.29 is 19.4 Å². The highest BCUT2D eigenvalue weighted by Gasteiger charge is 2.30. The lowest BCUT2D eigenvalue weighted by Crippen LogP contribution is -2.31. The minimum Gasteiger partial charge on any atom is -0.481 e. The molecule has 2 atom stereocenters. The molecule has 0 aliphatic rings. The smallest absolute Gasteiger partial charge is 0.309 e. The van der Waals surface area contributed by atoms with E-state index in [1.54, 1.807) is 0 Å². The van der Waals surface area contributed by atoms with Crippen molar-refractivity contribution in [3.05, 3.63) is 65.5 Å². The van der Waals surface area contributed by atoms with Gasteiger partial charge >= 0.3 is 11.9 Å². The summed E-state index contributed by atoms with van der Waals surface area (Å²) in [6.07, 6.45) is 6.67. The van der Waals surface area contributed by atoms with Gasteiger partial charge in [-0.25, -0.2) is 4.98 Å². The number of H-pyrrole nitrogens is 1. The van der Waals surface area contributed by atoms with E-state index in [-0.39, 0.29) is 5.97 Å². The van der Waals surface area contributed by atoms with Crippen LogP contribution in [0, 0.1) is 11.8 Å². The molecular formula is C31H42N2O4. The van der Waals surface area contributed by atoms with E-state index in [1.165, 1.54) is 5.56 Å². The van der Waals surface area contributed by atoms with Crippen LogP contribution in [0.2, 0.25) is 0 Å². The lowest BCUT2D eigenvalue weighted by atomic mass is 9.86. The number of imidazole rings is 1. The molecule has 0 bridgehead atoms. The molecule has 37 heavy (non-hydrogen) atoms. The Balaban J connectivity index is 1.59. The lowest BCUT2D eigenvalue weighted by molar-refractivity contribution is -0.161. The molecule has 2 aromatic carbocycles. The van der Waals surface area contributed by atoms with Crippen molar-refractivity contribution in [3.63, 3.8) is 0 Å². The molecule has 2 unspecified atom stereocenters. The van der Waals surface area contributed by atoms with Crippen LogP contribution < -0.4 is 0 Å². The third-order valence-corrected chi connectivity index (χ3v) is 6.66. The largest absolute Gasteiger partial charge is 0.481 e. The van der Waals surface area contributed by atoms with Crippen LogP contribution in [0.1, 0.15) is 83.2 Å². The van der Waals surface area contributed by atoms with Crippen molar-refractivity contribution in [1.29, 1.82) is 0 Å². The predicted octanol–water partition coefficient (Wildman–Crippen LogP) is 6.91. The number of fused-ring (bicyclic) bond motifs is 1. The number of hydrogen-bond donors (Lipinski definition) is 2. The van der Waals surface area contributed by atoms with Gasteiger partial charge in [0.05, 0.1) is 22.9 Å². The summed E-state index contributed by atoms with van der Waals surface area (Å²) < 4.78 is 5.68. The molecular weight excluding hydrogens is 464 g/mol. The number of carboxylic acid groups (broad SMARTS) is 1. The number of nitrogens with one attached hydrogen (secondary N) is 1. The molecule has 0 spiro atoms. The third kappa shape index (κ3) is 9.34. The third-order valence-electron chi connectivity index (χ3n) is 6.66. The average Bonchev–Trinajstić information content (AvgIpc) is 3.25. The SMILES string of the molecule is CCCc1ccc(CCC(CC(CCCCc2nc3ccccc3[nH]2)C(=O)OC(C)(C)C)C(=O)O)cc1. The molecule has 0 saturated carbocycles. The van der Waals surface area contributed by atoms with Crippen LogP contribution in [-0.2, 0) is 33.6 Å². The first-order valence-corrected chi connectivity index (χ1v) is 13.6. The van der Waals surface area contributed by atoms with Gasteiger partial charge in [0.2, 0.25) is 0 Å². The second kappa shape index (κ2) is 13.4. The number of carboxylic acids is 1. The number of aromatic amines is 1. The van der Waals surface area contributed by atoms with Crippen molar-refractivity contribution in [2.45, 2.75) is 91.1 Å². The van der Waals surface area contributed by atoms with Crippen LogP contribution in [0.15, 0.2) is 48.5 Å². The number of nitrogens with zero attached hydrogens (tertiary/aromatic N) is 1. The fourth-order valence-electron chi connectivity index (χ4n) is 4.71. The molecule has 1 heterocycles.